The van der Waals surface area contributed by atoms with Crippen LogP contribution in [-0.2, 0) is 4.79 Å². The first kappa shape index (κ1) is 20.4. The van der Waals surface area contributed by atoms with Crippen LogP contribution in [0.1, 0.15) is 36.0 Å². The predicted octanol–water partition coefficient (Wildman–Crippen LogP) is 3.62. The minimum Gasteiger partial charge on any atom is -0.493 e. The number of hydrogen-bond donors (Lipinski definition) is 0. The van der Waals surface area contributed by atoms with Gasteiger partial charge in [-0.15, -0.1) is 5.10 Å². The summed E-state index contributed by atoms with van der Waals surface area (Å²) in [5, 5.41) is 8.69. The van der Waals surface area contributed by atoms with E-state index in [4.69, 9.17) is 18.9 Å². The summed E-state index contributed by atoms with van der Waals surface area (Å²) >= 11 is 0. The first-order chi connectivity index (χ1) is 14.1. The monoisotopic (exact) mass is 396 g/mol. The highest BCUT2D eigenvalue weighted by atomic mass is 16.5. The molecule has 0 amide bonds. The molecule has 0 bridgehead atoms. The molecule has 2 aromatic carbocycles. The number of benzene rings is 2. The molecule has 0 radical (unpaired) electrons. The van der Waals surface area contributed by atoms with Crippen molar-refractivity contribution in [2.75, 3.05) is 28.4 Å². The molecule has 29 heavy (non-hydrogen) atoms. The van der Waals surface area contributed by atoms with E-state index in [1.54, 1.807) is 28.4 Å². The standard InChI is InChI=1S/C22H24N2O5/c1-6-14-15-10-20(28-4)21(29-5)11-16(15)22(24-23-17(14)12-25)13-7-8-18(26-2)19(9-13)27-3/h7-12,14H,6H2,1-5H3. The number of nitrogens with zero attached hydrogens (tertiary/aromatic N) is 2. The predicted molar refractivity (Wildman–Crippen MR) is 111 cm³/mol. The molecule has 1 aliphatic rings. The molecule has 1 aliphatic heterocycles. The molecule has 0 spiro atoms. The Morgan fingerprint density at radius 3 is 2.07 bits per heavy atom. The molecule has 1 atom stereocenters. The normalized spacial score (nSPS) is 15.4. The summed E-state index contributed by atoms with van der Waals surface area (Å²) in [5.74, 6) is 2.14. The molecule has 0 N–H and O–H groups in total. The molecule has 2 aromatic rings. The van der Waals surface area contributed by atoms with E-state index in [0.717, 1.165) is 23.0 Å². The Hall–Kier alpha value is -3.35. The van der Waals surface area contributed by atoms with Gasteiger partial charge in [-0.2, -0.15) is 5.10 Å². The average molecular weight is 396 g/mol. The third-order valence-corrected chi connectivity index (χ3v) is 4.99. The van der Waals surface area contributed by atoms with Gasteiger partial charge < -0.3 is 18.9 Å². The van der Waals surface area contributed by atoms with E-state index in [0.29, 0.717) is 40.8 Å². The Bertz CT molecular complexity index is 981. The van der Waals surface area contributed by atoms with Crippen molar-refractivity contribution < 1.29 is 23.7 Å². The Morgan fingerprint density at radius 1 is 0.862 bits per heavy atom. The summed E-state index contributed by atoms with van der Waals surface area (Å²) in [6, 6.07) is 9.28. The molecular formula is C22H24N2O5. The maximum atomic E-state index is 11.7. The number of rotatable bonds is 7. The van der Waals surface area contributed by atoms with Crippen LogP contribution >= 0.6 is 0 Å². The van der Waals surface area contributed by atoms with E-state index < -0.39 is 0 Å². The van der Waals surface area contributed by atoms with E-state index >= 15 is 0 Å². The van der Waals surface area contributed by atoms with Crippen LogP contribution in [0.2, 0.25) is 0 Å². The van der Waals surface area contributed by atoms with Gasteiger partial charge in [-0.05, 0) is 42.3 Å². The number of methoxy groups -OCH3 is 4. The molecule has 1 unspecified atom stereocenters. The smallest absolute Gasteiger partial charge is 0.166 e. The van der Waals surface area contributed by atoms with Crippen molar-refractivity contribution in [3.05, 3.63) is 47.0 Å². The maximum absolute atomic E-state index is 11.7. The number of aldehydes is 1. The third kappa shape index (κ3) is 3.68. The van der Waals surface area contributed by atoms with Gasteiger partial charge in [0.25, 0.3) is 0 Å². The summed E-state index contributed by atoms with van der Waals surface area (Å²) in [4.78, 5) is 11.7. The minimum atomic E-state index is -0.205. The van der Waals surface area contributed by atoms with Crippen molar-refractivity contribution in [3.8, 4) is 23.0 Å². The Labute approximate surface area is 170 Å². The molecule has 1 heterocycles. The molecule has 3 rings (SSSR count). The topological polar surface area (TPSA) is 78.7 Å². The first-order valence-electron chi connectivity index (χ1n) is 9.21. The van der Waals surface area contributed by atoms with Crippen LogP contribution in [0.4, 0.5) is 0 Å². The second kappa shape index (κ2) is 8.77. The van der Waals surface area contributed by atoms with E-state index in [1.807, 2.05) is 37.3 Å². The van der Waals surface area contributed by atoms with Crippen molar-refractivity contribution in [2.24, 2.45) is 10.2 Å². The lowest BCUT2D eigenvalue weighted by Gasteiger charge is -2.20. The number of hydrogen-bond acceptors (Lipinski definition) is 7. The number of ether oxygens (including phenoxy) is 4. The fraction of sp³-hybridized carbons (Fsp3) is 0.318. The van der Waals surface area contributed by atoms with Crippen LogP contribution in [0.3, 0.4) is 0 Å². The summed E-state index contributed by atoms with van der Waals surface area (Å²) in [6.07, 6.45) is 1.45. The van der Waals surface area contributed by atoms with Crippen molar-refractivity contribution in [1.29, 1.82) is 0 Å². The highest BCUT2D eigenvalue weighted by molar-refractivity contribution is 6.32. The fourth-order valence-corrected chi connectivity index (χ4v) is 3.51. The van der Waals surface area contributed by atoms with Crippen LogP contribution in [0, 0.1) is 0 Å². The molecule has 152 valence electrons. The minimum absolute atomic E-state index is 0.205. The number of carbonyl (C=O) groups excluding carboxylic acids is 1. The van der Waals surface area contributed by atoms with Crippen LogP contribution in [0.5, 0.6) is 23.0 Å². The molecular weight excluding hydrogens is 372 g/mol. The van der Waals surface area contributed by atoms with Crippen LogP contribution in [0.25, 0.3) is 0 Å². The van der Waals surface area contributed by atoms with Gasteiger partial charge in [-0.3, -0.25) is 4.79 Å². The van der Waals surface area contributed by atoms with E-state index in [-0.39, 0.29) is 5.92 Å². The van der Waals surface area contributed by atoms with Crippen molar-refractivity contribution in [2.45, 2.75) is 19.3 Å². The Kier molecular flexibility index (Phi) is 6.16. The third-order valence-electron chi connectivity index (χ3n) is 4.99. The molecule has 0 aromatic heterocycles. The lowest BCUT2D eigenvalue weighted by Crippen LogP contribution is -2.15. The lowest BCUT2D eigenvalue weighted by atomic mass is 9.85. The van der Waals surface area contributed by atoms with E-state index in [9.17, 15) is 4.79 Å². The number of carbonyl (C=O) groups is 1. The van der Waals surface area contributed by atoms with Gasteiger partial charge in [0.05, 0.1) is 28.4 Å². The maximum Gasteiger partial charge on any atom is 0.166 e. The summed E-state index contributed by atoms with van der Waals surface area (Å²) < 4.78 is 21.8. The Morgan fingerprint density at radius 2 is 1.48 bits per heavy atom. The Balaban J connectivity index is 2.29. The van der Waals surface area contributed by atoms with Crippen molar-refractivity contribution >= 4 is 17.7 Å². The quantitative estimate of drug-likeness (QED) is 0.668. The fourth-order valence-electron chi connectivity index (χ4n) is 3.51. The second-order valence-electron chi connectivity index (χ2n) is 6.42. The second-order valence-corrected chi connectivity index (χ2v) is 6.42. The van der Waals surface area contributed by atoms with Crippen molar-refractivity contribution in [1.82, 2.24) is 0 Å². The highest BCUT2D eigenvalue weighted by Crippen LogP contribution is 2.38. The van der Waals surface area contributed by atoms with Crippen LogP contribution < -0.4 is 18.9 Å². The van der Waals surface area contributed by atoms with Crippen LogP contribution in [-0.4, -0.2) is 46.1 Å². The molecule has 0 aliphatic carbocycles. The van der Waals surface area contributed by atoms with Gasteiger partial charge in [-0.25, -0.2) is 0 Å². The van der Waals surface area contributed by atoms with Gasteiger partial charge in [0.1, 0.15) is 11.4 Å². The zero-order valence-corrected chi connectivity index (χ0v) is 17.2. The highest BCUT2D eigenvalue weighted by Gasteiger charge is 2.28. The van der Waals surface area contributed by atoms with E-state index in [2.05, 4.69) is 10.2 Å². The van der Waals surface area contributed by atoms with Gasteiger partial charge >= 0.3 is 0 Å². The van der Waals surface area contributed by atoms with Gasteiger partial charge in [0.2, 0.25) is 0 Å². The van der Waals surface area contributed by atoms with Gasteiger partial charge in [0, 0.05) is 17.0 Å². The molecule has 7 nitrogen and oxygen atoms in total. The van der Waals surface area contributed by atoms with Crippen LogP contribution in [0.15, 0.2) is 40.5 Å². The summed E-state index contributed by atoms with van der Waals surface area (Å²) in [5.41, 5.74) is 3.49. The molecule has 0 saturated heterocycles. The zero-order valence-electron chi connectivity index (χ0n) is 17.2. The van der Waals surface area contributed by atoms with Gasteiger partial charge in [0.15, 0.2) is 29.3 Å². The molecule has 0 fully saturated rings. The summed E-state index contributed by atoms with van der Waals surface area (Å²) in [6.45, 7) is 2.01. The number of fused-ring (bicyclic) bond motifs is 1. The first-order valence-corrected chi connectivity index (χ1v) is 9.21. The van der Waals surface area contributed by atoms with Crippen molar-refractivity contribution in [3.63, 3.8) is 0 Å². The molecule has 7 heteroatoms. The largest absolute Gasteiger partial charge is 0.493 e. The zero-order chi connectivity index (χ0) is 21.0. The lowest BCUT2D eigenvalue weighted by molar-refractivity contribution is -0.102. The SMILES string of the molecule is CCC1C(C=O)=NN=C(c2ccc(OC)c(OC)c2)c2cc(OC)c(OC)cc21. The van der Waals surface area contributed by atoms with E-state index in [1.165, 1.54) is 0 Å². The average Bonchev–Trinajstić information content (AvgIpc) is 2.93. The summed E-state index contributed by atoms with van der Waals surface area (Å²) in [7, 11) is 6.33. The molecule has 0 saturated carbocycles. The van der Waals surface area contributed by atoms with Gasteiger partial charge in [-0.1, -0.05) is 6.92 Å².